The lowest BCUT2D eigenvalue weighted by atomic mass is 10.1. The van der Waals surface area contributed by atoms with Gasteiger partial charge in [0.15, 0.2) is 5.17 Å². The van der Waals surface area contributed by atoms with E-state index in [-0.39, 0.29) is 11.2 Å². The van der Waals surface area contributed by atoms with Gasteiger partial charge in [0.2, 0.25) is 5.91 Å². The lowest BCUT2D eigenvalue weighted by Gasteiger charge is -2.17. The molecule has 3 rings (SSSR count). The summed E-state index contributed by atoms with van der Waals surface area (Å²) in [5.41, 5.74) is 3.29. The van der Waals surface area contributed by atoms with Crippen LogP contribution in [-0.4, -0.2) is 27.4 Å². The highest BCUT2D eigenvalue weighted by atomic mass is 32.2. The van der Waals surface area contributed by atoms with Crippen molar-refractivity contribution < 1.29 is 4.79 Å². The Bertz CT molecular complexity index is 802. The van der Waals surface area contributed by atoms with E-state index in [9.17, 15) is 4.79 Å². The number of carbonyl (C=O) groups is 1. The third-order valence-corrected chi connectivity index (χ3v) is 5.46. The van der Waals surface area contributed by atoms with E-state index >= 15 is 0 Å². The van der Waals surface area contributed by atoms with Gasteiger partial charge in [-0.1, -0.05) is 73.3 Å². The first kappa shape index (κ1) is 17.4. The number of aryl methyl sites for hydroxylation is 1. The van der Waals surface area contributed by atoms with Gasteiger partial charge in [-0.2, -0.15) is 5.10 Å². The Kier molecular flexibility index (Phi) is 5.66. The Hall–Kier alpha value is -2.40. The maximum absolute atomic E-state index is 12.7. The second kappa shape index (κ2) is 8.12. The highest BCUT2D eigenvalue weighted by Gasteiger charge is 2.37. The van der Waals surface area contributed by atoms with Gasteiger partial charge in [0, 0.05) is 0 Å². The average molecular weight is 351 g/mol. The number of amides is 1. The van der Waals surface area contributed by atoms with Crippen LogP contribution in [0.1, 0.15) is 30.0 Å². The molecule has 0 radical (unpaired) electrons. The van der Waals surface area contributed by atoms with Crippen molar-refractivity contribution in [2.75, 3.05) is 0 Å². The second-order valence-corrected chi connectivity index (χ2v) is 7.07. The molecule has 1 heterocycles. The lowest BCUT2D eigenvalue weighted by molar-refractivity contribution is -0.126. The molecular formula is C20H21N3OS. The van der Waals surface area contributed by atoms with Gasteiger partial charge in [0.05, 0.1) is 18.0 Å². The molecule has 0 bridgehead atoms. The Morgan fingerprint density at radius 1 is 1.12 bits per heavy atom. The second-order valence-electron chi connectivity index (χ2n) is 5.90. The third kappa shape index (κ3) is 4.17. The number of benzene rings is 2. The van der Waals surface area contributed by atoms with Gasteiger partial charge in [-0.25, -0.2) is 0 Å². The molecule has 1 atom stereocenters. The summed E-state index contributed by atoms with van der Waals surface area (Å²) in [5, 5.41) is 9.12. The number of hydrogen-bond donors (Lipinski definition) is 0. The summed E-state index contributed by atoms with van der Waals surface area (Å²) in [5.74, 6) is 0.115. The minimum atomic E-state index is -0.0744. The van der Waals surface area contributed by atoms with Crippen LogP contribution in [0.4, 0.5) is 0 Å². The van der Waals surface area contributed by atoms with Crippen molar-refractivity contribution in [2.24, 2.45) is 10.2 Å². The molecular weight excluding hydrogens is 330 g/mol. The van der Waals surface area contributed by atoms with Gasteiger partial charge in [-0.3, -0.25) is 9.69 Å². The third-order valence-electron chi connectivity index (χ3n) is 4.13. The Balaban J connectivity index is 1.82. The molecule has 0 spiro atoms. The average Bonchev–Trinajstić information content (AvgIpc) is 2.93. The van der Waals surface area contributed by atoms with E-state index in [0.29, 0.717) is 11.7 Å². The summed E-state index contributed by atoms with van der Waals surface area (Å²) >= 11 is 1.50. The molecule has 4 nitrogen and oxygen atoms in total. The molecule has 1 amide bonds. The SMILES string of the molecule is CCC1SC(=NN=Cc2ccccc2)N(Cc2ccccc2C)C1=O. The molecule has 1 aliphatic rings. The van der Waals surface area contributed by atoms with Crippen molar-refractivity contribution in [1.82, 2.24) is 4.90 Å². The zero-order valence-corrected chi connectivity index (χ0v) is 15.2. The van der Waals surface area contributed by atoms with Crippen LogP contribution in [0.2, 0.25) is 0 Å². The molecule has 5 heteroatoms. The summed E-state index contributed by atoms with van der Waals surface area (Å²) in [6.07, 6.45) is 2.50. The fraction of sp³-hybridized carbons (Fsp3) is 0.250. The number of rotatable bonds is 5. The van der Waals surface area contributed by atoms with E-state index < -0.39 is 0 Å². The van der Waals surface area contributed by atoms with Gasteiger partial charge in [-0.05, 0) is 30.0 Å². The zero-order chi connectivity index (χ0) is 17.6. The highest BCUT2D eigenvalue weighted by molar-refractivity contribution is 8.15. The fourth-order valence-corrected chi connectivity index (χ4v) is 3.66. The van der Waals surface area contributed by atoms with Crippen molar-refractivity contribution in [1.29, 1.82) is 0 Å². The predicted molar refractivity (Wildman–Crippen MR) is 105 cm³/mol. The molecule has 0 aliphatic carbocycles. The molecule has 0 saturated carbocycles. The Morgan fingerprint density at radius 3 is 2.56 bits per heavy atom. The van der Waals surface area contributed by atoms with Gasteiger partial charge < -0.3 is 0 Å². The first-order valence-corrected chi connectivity index (χ1v) is 9.25. The minimum absolute atomic E-state index is 0.0744. The van der Waals surface area contributed by atoms with Crippen LogP contribution >= 0.6 is 11.8 Å². The molecule has 0 aromatic heterocycles. The lowest BCUT2D eigenvalue weighted by Crippen LogP contribution is -2.31. The zero-order valence-electron chi connectivity index (χ0n) is 14.4. The van der Waals surface area contributed by atoms with E-state index in [4.69, 9.17) is 0 Å². The maximum Gasteiger partial charge on any atom is 0.242 e. The molecule has 1 aliphatic heterocycles. The number of carbonyl (C=O) groups excluding carboxylic acids is 1. The molecule has 25 heavy (non-hydrogen) atoms. The van der Waals surface area contributed by atoms with Gasteiger partial charge in [0.25, 0.3) is 0 Å². The van der Waals surface area contributed by atoms with Crippen LogP contribution in [-0.2, 0) is 11.3 Å². The van der Waals surface area contributed by atoms with E-state index in [1.807, 2.05) is 49.4 Å². The summed E-state index contributed by atoms with van der Waals surface area (Å²) in [4.78, 5) is 14.4. The van der Waals surface area contributed by atoms with Crippen LogP contribution in [0.15, 0.2) is 64.8 Å². The number of thioether (sulfide) groups is 1. The maximum atomic E-state index is 12.7. The molecule has 128 valence electrons. The Labute approximate surface area is 152 Å². The van der Waals surface area contributed by atoms with E-state index in [2.05, 4.69) is 29.3 Å². The molecule has 2 aromatic carbocycles. The van der Waals surface area contributed by atoms with Crippen molar-refractivity contribution in [3.63, 3.8) is 0 Å². The van der Waals surface area contributed by atoms with Crippen molar-refractivity contribution in [3.05, 3.63) is 71.3 Å². The van der Waals surface area contributed by atoms with E-state index in [0.717, 1.165) is 17.5 Å². The van der Waals surface area contributed by atoms with Gasteiger partial charge in [0.1, 0.15) is 0 Å². The summed E-state index contributed by atoms with van der Waals surface area (Å²) in [6.45, 7) is 4.62. The quantitative estimate of drug-likeness (QED) is 0.597. The van der Waals surface area contributed by atoms with Crippen LogP contribution < -0.4 is 0 Å². The van der Waals surface area contributed by atoms with Gasteiger partial charge >= 0.3 is 0 Å². The topological polar surface area (TPSA) is 45.0 Å². The molecule has 1 saturated heterocycles. The number of nitrogens with zero attached hydrogens (tertiary/aromatic N) is 3. The smallest absolute Gasteiger partial charge is 0.242 e. The highest BCUT2D eigenvalue weighted by Crippen LogP contribution is 2.31. The number of hydrogen-bond acceptors (Lipinski definition) is 4. The van der Waals surface area contributed by atoms with E-state index in [1.54, 1.807) is 11.1 Å². The first-order chi connectivity index (χ1) is 12.2. The molecule has 2 aromatic rings. The predicted octanol–water partition coefficient (Wildman–Crippen LogP) is 4.24. The molecule has 0 N–H and O–H groups in total. The summed E-state index contributed by atoms with van der Waals surface area (Å²) in [7, 11) is 0. The first-order valence-electron chi connectivity index (χ1n) is 8.37. The fourth-order valence-electron chi connectivity index (χ4n) is 2.63. The Morgan fingerprint density at radius 2 is 1.84 bits per heavy atom. The number of amidine groups is 1. The van der Waals surface area contributed by atoms with Crippen LogP contribution in [0.3, 0.4) is 0 Å². The standard InChI is InChI=1S/C20H21N3OS/c1-3-18-19(24)23(14-17-12-8-7-9-15(17)2)20(25-18)22-21-13-16-10-5-4-6-11-16/h4-13,18H,3,14H2,1-2H3. The monoisotopic (exact) mass is 351 g/mol. The largest absolute Gasteiger partial charge is 0.284 e. The minimum Gasteiger partial charge on any atom is -0.284 e. The van der Waals surface area contributed by atoms with Crippen molar-refractivity contribution in [3.8, 4) is 0 Å². The van der Waals surface area contributed by atoms with Gasteiger partial charge in [-0.15, -0.1) is 5.10 Å². The summed E-state index contributed by atoms with van der Waals surface area (Å²) in [6, 6.07) is 17.9. The van der Waals surface area contributed by atoms with Crippen LogP contribution in [0.5, 0.6) is 0 Å². The summed E-state index contributed by atoms with van der Waals surface area (Å²) < 4.78 is 0. The van der Waals surface area contributed by atoms with Crippen molar-refractivity contribution in [2.45, 2.75) is 32.1 Å². The van der Waals surface area contributed by atoms with Crippen LogP contribution in [0.25, 0.3) is 0 Å². The molecule has 1 fully saturated rings. The normalized spacial score (nSPS) is 19.3. The van der Waals surface area contributed by atoms with E-state index in [1.165, 1.54) is 17.3 Å². The van der Waals surface area contributed by atoms with Crippen LogP contribution in [0, 0.1) is 6.92 Å². The molecule has 1 unspecified atom stereocenters. The van der Waals surface area contributed by atoms with Crippen molar-refractivity contribution >= 4 is 29.1 Å².